The molecule has 1 aromatic heterocycles. The Balaban J connectivity index is 2.25. The van der Waals surface area contributed by atoms with Crippen molar-refractivity contribution in [2.24, 2.45) is 0 Å². The van der Waals surface area contributed by atoms with Gasteiger partial charge in [-0.2, -0.15) is 4.98 Å². The van der Waals surface area contributed by atoms with Crippen molar-refractivity contribution < 1.29 is 4.74 Å². The van der Waals surface area contributed by atoms with Crippen LogP contribution in [-0.2, 0) is 0 Å². The van der Waals surface area contributed by atoms with Crippen LogP contribution < -0.4 is 15.8 Å². The number of nitrogens with zero attached hydrogens (tertiary/aromatic N) is 1. The molecule has 0 amide bonds. The van der Waals surface area contributed by atoms with Crippen molar-refractivity contribution >= 4 is 44.7 Å². The molecule has 0 bridgehead atoms. The number of nitrogen functional groups attached to an aromatic ring is 1. The molecular formula is C12H11BrClN3O. The van der Waals surface area contributed by atoms with Gasteiger partial charge >= 0.3 is 0 Å². The Morgan fingerprint density at radius 1 is 1.33 bits per heavy atom. The largest absolute Gasteiger partial charge is 0.479 e. The lowest BCUT2D eigenvalue weighted by atomic mass is 10.3. The molecule has 1 heterocycles. The van der Waals surface area contributed by atoms with Gasteiger partial charge in [-0.3, -0.25) is 0 Å². The summed E-state index contributed by atoms with van der Waals surface area (Å²) in [5.74, 6) is 1.03. The van der Waals surface area contributed by atoms with Crippen LogP contribution in [0.4, 0.5) is 17.2 Å². The van der Waals surface area contributed by atoms with E-state index in [2.05, 4.69) is 26.2 Å². The van der Waals surface area contributed by atoms with Gasteiger partial charge in [0.2, 0.25) is 5.88 Å². The Bertz CT molecular complexity index is 577. The molecule has 0 saturated carbocycles. The molecular weight excluding hydrogens is 318 g/mol. The molecule has 0 radical (unpaired) electrons. The maximum absolute atomic E-state index is 6.01. The molecule has 3 N–H and O–H groups in total. The number of anilines is 3. The zero-order chi connectivity index (χ0) is 13.1. The van der Waals surface area contributed by atoms with Crippen molar-refractivity contribution in [1.82, 2.24) is 4.98 Å². The maximum Gasteiger partial charge on any atom is 0.238 e. The van der Waals surface area contributed by atoms with Gasteiger partial charge in [0, 0.05) is 10.2 Å². The van der Waals surface area contributed by atoms with E-state index < -0.39 is 0 Å². The standard InChI is InChI=1S/C12H11BrClN3O/c1-18-12-10(15)4-5-11(17-12)16-7-2-3-8(13)9(14)6-7/h2-6H,15H2,1H3,(H,16,17). The Labute approximate surface area is 118 Å². The van der Waals surface area contributed by atoms with Crippen LogP contribution >= 0.6 is 27.5 Å². The summed E-state index contributed by atoms with van der Waals surface area (Å²) >= 11 is 9.35. The summed E-state index contributed by atoms with van der Waals surface area (Å²) in [7, 11) is 1.53. The Morgan fingerprint density at radius 3 is 2.78 bits per heavy atom. The summed E-state index contributed by atoms with van der Waals surface area (Å²) in [5, 5.41) is 3.75. The summed E-state index contributed by atoms with van der Waals surface area (Å²) in [4.78, 5) is 4.23. The number of rotatable bonds is 3. The normalized spacial score (nSPS) is 10.2. The van der Waals surface area contributed by atoms with Crippen LogP contribution in [0.15, 0.2) is 34.8 Å². The molecule has 2 rings (SSSR count). The predicted octanol–water partition coefficient (Wildman–Crippen LogP) is 3.83. The number of benzene rings is 1. The minimum absolute atomic E-state index is 0.392. The van der Waals surface area contributed by atoms with Crippen molar-refractivity contribution in [2.75, 3.05) is 18.2 Å². The summed E-state index contributed by atoms with van der Waals surface area (Å²) < 4.78 is 5.90. The van der Waals surface area contributed by atoms with E-state index in [1.807, 2.05) is 12.1 Å². The number of aromatic nitrogens is 1. The molecule has 0 aliphatic heterocycles. The van der Waals surface area contributed by atoms with Gasteiger partial charge in [0.25, 0.3) is 0 Å². The molecule has 0 atom stereocenters. The highest BCUT2D eigenvalue weighted by molar-refractivity contribution is 9.10. The van der Waals surface area contributed by atoms with Crippen LogP contribution in [0.2, 0.25) is 5.02 Å². The topological polar surface area (TPSA) is 60.2 Å². The van der Waals surface area contributed by atoms with Gasteiger partial charge < -0.3 is 15.8 Å². The number of methoxy groups -OCH3 is 1. The van der Waals surface area contributed by atoms with Crippen molar-refractivity contribution in [3.8, 4) is 5.88 Å². The number of ether oxygens (including phenoxy) is 1. The second kappa shape index (κ2) is 5.46. The molecule has 6 heteroatoms. The van der Waals surface area contributed by atoms with Gasteiger partial charge in [0.05, 0.1) is 17.8 Å². The van der Waals surface area contributed by atoms with E-state index in [0.29, 0.717) is 22.4 Å². The number of nitrogens with two attached hydrogens (primary N) is 1. The van der Waals surface area contributed by atoms with E-state index in [0.717, 1.165) is 10.2 Å². The molecule has 1 aromatic carbocycles. The Morgan fingerprint density at radius 2 is 2.11 bits per heavy atom. The number of hydrogen-bond donors (Lipinski definition) is 2. The third-order valence-corrected chi connectivity index (χ3v) is 3.51. The average molecular weight is 329 g/mol. The lowest BCUT2D eigenvalue weighted by Crippen LogP contribution is -1.99. The third kappa shape index (κ3) is 2.86. The molecule has 0 aliphatic carbocycles. The van der Waals surface area contributed by atoms with E-state index in [1.165, 1.54) is 7.11 Å². The molecule has 4 nitrogen and oxygen atoms in total. The van der Waals surface area contributed by atoms with Gasteiger partial charge in [-0.05, 0) is 46.3 Å². The van der Waals surface area contributed by atoms with Crippen LogP contribution in [0.25, 0.3) is 0 Å². The van der Waals surface area contributed by atoms with Gasteiger partial charge in [0.15, 0.2) is 0 Å². The summed E-state index contributed by atoms with van der Waals surface area (Å²) in [6.07, 6.45) is 0. The zero-order valence-electron chi connectivity index (χ0n) is 9.58. The fourth-order valence-electron chi connectivity index (χ4n) is 1.41. The predicted molar refractivity (Wildman–Crippen MR) is 77.6 cm³/mol. The summed E-state index contributed by atoms with van der Waals surface area (Å²) in [5.41, 5.74) is 7.03. The highest BCUT2D eigenvalue weighted by atomic mass is 79.9. The molecule has 2 aromatic rings. The molecule has 94 valence electrons. The average Bonchev–Trinajstić information content (AvgIpc) is 2.36. The lowest BCUT2D eigenvalue weighted by molar-refractivity contribution is 0.401. The summed E-state index contributed by atoms with van der Waals surface area (Å²) in [6.45, 7) is 0. The molecule has 0 aliphatic rings. The van der Waals surface area contributed by atoms with E-state index in [4.69, 9.17) is 22.1 Å². The fourth-order valence-corrected chi connectivity index (χ4v) is 1.83. The quantitative estimate of drug-likeness (QED) is 0.899. The Kier molecular flexibility index (Phi) is 3.93. The van der Waals surface area contributed by atoms with Gasteiger partial charge in [0.1, 0.15) is 5.82 Å². The molecule has 0 fully saturated rings. The van der Waals surface area contributed by atoms with Crippen molar-refractivity contribution in [3.05, 3.63) is 39.8 Å². The minimum atomic E-state index is 0.392. The Hall–Kier alpha value is -1.46. The second-order valence-corrected chi connectivity index (χ2v) is 4.81. The number of halogens is 2. The van der Waals surface area contributed by atoms with Crippen LogP contribution in [0.5, 0.6) is 5.88 Å². The zero-order valence-corrected chi connectivity index (χ0v) is 11.9. The van der Waals surface area contributed by atoms with E-state index in [1.54, 1.807) is 18.2 Å². The number of hydrogen-bond acceptors (Lipinski definition) is 4. The van der Waals surface area contributed by atoms with E-state index >= 15 is 0 Å². The van der Waals surface area contributed by atoms with Crippen molar-refractivity contribution in [2.45, 2.75) is 0 Å². The second-order valence-electron chi connectivity index (χ2n) is 3.55. The first-order valence-electron chi connectivity index (χ1n) is 5.12. The smallest absolute Gasteiger partial charge is 0.238 e. The van der Waals surface area contributed by atoms with E-state index in [-0.39, 0.29) is 0 Å². The number of pyridine rings is 1. The van der Waals surface area contributed by atoms with E-state index in [9.17, 15) is 0 Å². The van der Waals surface area contributed by atoms with Crippen LogP contribution in [0, 0.1) is 0 Å². The monoisotopic (exact) mass is 327 g/mol. The molecule has 0 unspecified atom stereocenters. The minimum Gasteiger partial charge on any atom is -0.479 e. The molecule has 18 heavy (non-hydrogen) atoms. The van der Waals surface area contributed by atoms with Gasteiger partial charge in [-0.1, -0.05) is 11.6 Å². The first-order valence-corrected chi connectivity index (χ1v) is 6.30. The van der Waals surface area contributed by atoms with Gasteiger partial charge in [-0.15, -0.1) is 0 Å². The van der Waals surface area contributed by atoms with Crippen molar-refractivity contribution in [3.63, 3.8) is 0 Å². The van der Waals surface area contributed by atoms with Crippen LogP contribution in [0.3, 0.4) is 0 Å². The van der Waals surface area contributed by atoms with Crippen LogP contribution in [0.1, 0.15) is 0 Å². The molecule has 0 saturated heterocycles. The van der Waals surface area contributed by atoms with Crippen molar-refractivity contribution in [1.29, 1.82) is 0 Å². The first-order chi connectivity index (χ1) is 8.60. The highest BCUT2D eigenvalue weighted by Crippen LogP contribution is 2.28. The summed E-state index contributed by atoms with van der Waals surface area (Å²) in [6, 6.07) is 9.05. The first kappa shape index (κ1) is 13.0. The lowest BCUT2D eigenvalue weighted by Gasteiger charge is -2.09. The number of nitrogens with one attached hydrogen (secondary N) is 1. The molecule has 0 spiro atoms. The third-order valence-electron chi connectivity index (χ3n) is 2.28. The van der Waals surface area contributed by atoms with Crippen LogP contribution in [-0.4, -0.2) is 12.1 Å². The van der Waals surface area contributed by atoms with Gasteiger partial charge in [-0.25, -0.2) is 0 Å². The highest BCUT2D eigenvalue weighted by Gasteiger charge is 2.04. The SMILES string of the molecule is COc1nc(Nc2ccc(Br)c(Cl)c2)ccc1N. The maximum atomic E-state index is 6.01. The fraction of sp³-hybridized carbons (Fsp3) is 0.0833.